The van der Waals surface area contributed by atoms with E-state index < -0.39 is 10.0 Å². The van der Waals surface area contributed by atoms with Gasteiger partial charge in [0.05, 0.1) is 18.5 Å². The average Bonchev–Trinajstić information content (AvgIpc) is 2.63. The van der Waals surface area contributed by atoms with Gasteiger partial charge in [0.15, 0.2) is 0 Å². The quantitative estimate of drug-likeness (QED) is 0.530. The van der Waals surface area contributed by atoms with Gasteiger partial charge in [-0.3, -0.25) is 0 Å². The lowest BCUT2D eigenvalue weighted by molar-refractivity contribution is 0.347. The first-order valence-electron chi connectivity index (χ1n) is 3.78. The normalized spacial score (nSPS) is 35.8. The van der Waals surface area contributed by atoms with Gasteiger partial charge in [0.1, 0.15) is 0 Å². The van der Waals surface area contributed by atoms with Gasteiger partial charge < -0.3 is 4.74 Å². The molecule has 0 aliphatic carbocycles. The molecule has 0 aromatic heterocycles. The molecule has 0 unspecified atom stereocenters. The zero-order valence-electron chi connectivity index (χ0n) is 6.19. The van der Waals surface area contributed by atoms with E-state index >= 15 is 0 Å². The Morgan fingerprint density at radius 2 is 2.27 bits per heavy atom. The highest BCUT2D eigenvalue weighted by Crippen LogP contribution is 2.18. The van der Waals surface area contributed by atoms with Crippen LogP contribution < -0.4 is 0 Å². The van der Waals surface area contributed by atoms with Crippen molar-refractivity contribution >= 4 is 10.0 Å². The molecular weight excluding hydrogens is 166 g/mol. The van der Waals surface area contributed by atoms with Crippen molar-refractivity contribution < 1.29 is 13.2 Å². The average molecular weight is 177 g/mol. The van der Waals surface area contributed by atoms with Crippen molar-refractivity contribution in [3.63, 3.8) is 0 Å². The van der Waals surface area contributed by atoms with Crippen LogP contribution in [0.2, 0.25) is 0 Å². The minimum Gasteiger partial charge on any atom is -0.372 e. The molecule has 11 heavy (non-hydrogen) atoms. The lowest BCUT2D eigenvalue weighted by Crippen LogP contribution is -2.29. The Morgan fingerprint density at radius 3 is 2.73 bits per heavy atom. The minimum atomic E-state index is -2.89. The number of epoxide rings is 1. The first kappa shape index (κ1) is 7.52. The van der Waals surface area contributed by atoms with Gasteiger partial charge in [-0.2, -0.15) is 4.31 Å². The molecule has 0 saturated carbocycles. The molecular formula is C6H11NO3S. The number of sulfonamides is 1. The summed E-state index contributed by atoms with van der Waals surface area (Å²) in [4.78, 5) is 0. The molecule has 0 aromatic carbocycles. The van der Waals surface area contributed by atoms with Crippen LogP contribution in [0.3, 0.4) is 0 Å². The number of nitrogens with zero attached hydrogens (tertiary/aromatic N) is 1. The summed E-state index contributed by atoms with van der Waals surface area (Å²) in [6, 6.07) is 0. The molecule has 0 N–H and O–H groups in total. The molecule has 2 rings (SSSR count). The highest BCUT2D eigenvalue weighted by atomic mass is 32.2. The maximum absolute atomic E-state index is 11.2. The monoisotopic (exact) mass is 177 g/mol. The number of ether oxygens (including phenoxy) is 1. The van der Waals surface area contributed by atoms with Gasteiger partial charge in [0.2, 0.25) is 10.0 Å². The van der Waals surface area contributed by atoms with Gasteiger partial charge in [-0.15, -0.1) is 0 Å². The Hall–Kier alpha value is -0.130. The Balaban J connectivity index is 2.01. The van der Waals surface area contributed by atoms with Crippen LogP contribution in [0, 0.1) is 0 Å². The van der Waals surface area contributed by atoms with E-state index in [-0.39, 0.29) is 6.10 Å². The number of hydrogen-bond acceptors (Lipinski definition) is 3. The van der Waals surface area contributed by atoms with Gasteiger partial charge in [-0.1, -0.05) is 0 Å². The molecule has 5 heteroatoms. The SMILES string of the molecule is O=S1(=O)CCCN1C[C@@H]1CO1. The summed E-state index contributed by atoms with van der Waals surface area (Å²) in [5, 5.41) is 0. The number of rotatable bonds is 2. The molecule has 2 heterocycles. The zero-order valence-corrected chi connectivity index (χ0v) is 7.01. The zero-order chi connectivity index (χ0) is 7.90. The summed E-state index contributed by atoms with van der Waals surface area (Å²) in [7, 11) is -2.89. The van der Waals surface area contributed by atoms with Gasteiger partial charge in [-0.05, 0) is 6.42 Å². The van der Waals surface area contributed by atoms with E-state index in [4.69, 9.17) is 4.74 Å². The molecule has 64 valence electrons. The molecule has 4 nitrogen and oxygen atoms in total. The summed E-state index contributed by atoms with van der Waals surface area (Å²) in [6.45, 7) is 1.98. The molecule has 2 fully saturated rings. The first-order valence-corrected chi connectivity index (χ1v) is 5.39. The molecule has 0 spiro atoms. The largest absolute Gasteiger partial charge is 0.372 e. The maximum atomic E-state index is 11.2. The van der Waals surface area contributed by atoms with Crippen LogP contribution in [0.1, 0.15) is 6.42 Å². The van der Waals surface area contributed by atoms with E-state index in [1.54, 1.807) is 0 Å². The van der Waals surface area contributed by atoms with Crippen molar-refractivity contribution in [2.24, 2.45) is 0 Å². The Kier molecular flexibility index (Phi) is 1.66. The lowest BCUT2D eigenvalue weighted by atomic mass is 10.4. The first-order chi connectivity index (χ1) is 5.18. The summed E-state index contributed by atoms with van der Waals surface area (Å²) in [5.74, 6) is 0.319. The van der Waals surface area contributed by atoms with Crippen LogP contribution in [-0.2, 0) is 14.8 Å². The van der Waals surface area contributed by atoms with Crippen LogP contribution >= 0.6 is 0 Å². The maximum Gasteiger partial charge on any atom is 0.214 e. The van der Waals surface area contributed by atoms with Gasteiger partial charge in [0, 0.05) is 13.1 Å². The third-order valence-corrected chi connectivity index (χ3v) is 3.94. The highest BCUT2D eigenvalue weighted by Gasteiger charge is 2.34. The van der Waals surface area contributed by atoms with E-state index in [0.717, 1.165) is 13.0 Å². The second-order valence-corrected chi connectivity index (χ2v) is 5.07. The van der Waals surface area contributed by atoms with Gasteiger partial charge >= 0.3 is 0 Å². The Morgan fingerprint density at radius 1 is 1.55 bits per heavy atom. The van der Waals surface area contributed by atoms with Crippen molar-refractivity contribution in [1.82, 2.24) is 4.31 Å². The number of hydrogen-bond donors (Lipinski definition) is 0. The molecule has 0 radical (unpaired) electrons. The third-order valence-electron chi connectivity index (χ3n) is 2.01. The minimum absolute atomic E-state index is 0.183. The van der Waals surface area contributed by atoms with E-state index in [9.17, 15) is 8.42 Å². The second kappa shape index (κ2) is 2.43. The van der Waals surface area contributed by atoms with Crippen LogP contribution in [0.4, 0.5) is 0 Å². The van der Waals surface area contributed by atoms with Crippen molar-refractivity contribution in [2.45, 2.75) is 12.5 Å². The molecule has 1 atom stereocenters. The topological polar surface area (TPSA) is 49.9 Å². The molecule has 0 amide bonds. The van der Waals surface area contributed by atoms with Crippen molar-refractivity contribution in [3.8, 4) is 0 Å². The summed E-state index contributed by atoms with van der Waals surface area (Å²) in [6.07, 6.45) is 0.956. The predicted octanol–water partition coefficient (Wildman–Crippen LogP) is -0.579. The molecule has 2 aliphatic rings. The van der Waals surface area contributed by atoms with E-state index in [0.29, 0.717) is 18.8 Å². The van der Waals surface area contributed by atoms with Crippen LogP contribution in [-0.4, -0.2) is 44.3 Å². The summed E-state index contributed by atoms with van der Waals surface area (Å²) < 4.78 is 28.9. The Bertz CT molecular complexity index is 245. The molecule has 2 saturated heterocycles. The van der Waals surface area contributed by atoms with Gasteiger partial charge in [0.25, 0.3) is 0 Å². The standard InChI is InChI=1S/C6H11NO3S/c8-11(9)3-1-2-7(11)4-6-5-10-6/h6H,1-5H2/t6-/m1/s1. The van der Waals surface area contributed by atoms with E-state index in [2.05, 4.69) is 0 Å². The van der Waals surface area contributed by atoms with Crippen LogP contribution in [0.15, 0.2) is 0 Å². The fraction of sp³-hybridized carbons (Fsp3) is 1.00. The summed E-state index contributed by atoms with van der Waals surface area (Å²) >= 11 is 0. The summed E-state index contributed by atoms with van der Waals surface area (Å²) in [5.41, 5.74) is 0. The fourth-order valence-corrected chi connectivity index (χ4v) is 2.85. The van der Waals surface area contributed by atoms with Crippen molar-refractivity contribution in [1.29, 1.82) is 0 Å². The fourth-order valence-electron chi connectivity index (χ4n) is 1.30. The third kappa shape index (κ3) is 1.55. The van der Waals surface area contributed by atoms with Crippen molar-refractivity contribution in [2.75, 3.05) is 25.4 Å². The van der Waals surface area contributed by atoms with Crippen LogP contribution in [0.5, 0.6) is 0 Å². The molecule has 0 bridgehead atoms. The van der Waals surface area contributed by atoms with E-state index in [1.807, 2.05) is 0 Å². The van der Waals surface area contributed by atoms with Crippen LogP contribution in [0.25, 0.3) is 0 Å². The predicted molar refractivity (Wildman–Crippen MR) is 39.7 cm³/mol. The highest BCUT2D eigenvalue weighted by molar-refractivity contribution is 7.89. The van der Waals surface area contributed by atoms with E-state index in [1.165, 1.54) is 4.31 Å². The molecule has 2 aliphatic heterocycles. The smallest absolute Gasteiger partial charge is 0.214 e. The second-order valence-electron chi connectivity index (χ2n) is 2.98. The lowest BCUT2D eigenvalue weighted by Gasteiger charge is -2.11. The van der Waals surface area contributed by atoms with Crippen molar-refractivity contribution in [3.05, 3.63) is 0 Å². The molecule has 0 aromatic rings. The Labute approximate surface area is 66.2 Å². The van der Waals surface area contributed by atoms with Gasteiger partial charge in [-0.25, -0.2) is 8.42 Å².